The third kappa shape index (κ3) is 3.08. The molecule has 0 aliphatic heterocycles. The Morgan fingerprint density at radius 3 is 2.94 bits per heavy atom. The second kappa shape index (κ2) is 5.49. The van der Waals surface area contributed by atoms with Gasteiger partial charge < -0.3 is 0 Å². The van der Waals surface area contributed by atoms with Crippen LogP contribution in [0.3, 0.4) is 0 Å². The van der Waals surface area contributed by atoms with E-state index < -0.39 is 0 Å². The predicted octanol–water partition coefficient (Wildman–Crippen LogP) is 3.31. The van der Waals surface area contributed by atoms with Gasteiger partial charge in [-0.05, 0) is 40.3 Å². The lowest BCUT2D eigenvalue weighted by molar-refractivity contribution is 0.730. The molecule has 3 nitrogen and oxygen atoms in total. The van der Waals surface area contributed by atoms with Crippen molar-refractivity contribution < 1.29 is 0 Å². The molecule has 0 spiro atoms. The first-order chi connectivity index (χ1) is 8.08. The van der Waals surface area contributed by atoms with Crippen LogP contribution in [0.5, 0.6) is 0 Å². The molecular weight excluding hydrogens is 418 g/mol. The SMILES string of the molecule is O=c1c(I)cncn1Cc1ccc(Br)cc1Cl. The topological polar surface area (TPSA) is 34.9 Å². The summed E-state index contributed by atoms with van der Waals surface area (Å²) in [5.41, 5.74) is 0.834. The molecule has 0 unspecified atom stereocenters. The summed E-state index contributed by atoms with van der Waals surface area (Å²) in [6, 6.07) is 5.59. The smallest absolute Gasteiger partial charge is 0.267 e. The van der Waals surface area contributed by atoms with Crippen molar-refractivity contribution in [2.75, 3.05) is 0 Å². The van der Waals surface area contributed by atoms with Gasteiger partial charge in [0, 0.05) is 15.7 Å². The number of benzene rings is 1. The van der Waals surface area contributed by atoms with Crippen LogP contribution in [0.15, 0.2) is 40.0 Å². The van der Waals surface area contributed by atoms with Gasteiger partial charge >= 0.3 is 0 Å². The third-order valence-electron chi connectivity index (χ3n) is 2.21. The van der Waals surface area contributed by atoms with Crippen molar-refractivity contribution >= 4 is 50.1 Å². The number of nitrogens with zero attached hydrogens (tertiary/aromatic N) is 2. The molecule has 0 aliphatic rings. The highest BCUT2D eigenvalue weighted by atomic mass is 127. The van der Waals surface area contributed by atoms with Crippen molar-refractivity contribution in [3.63, 3.8) is 0 Å². The van der Waals surface area contributed by atoms with Gasteiger partial charge in [0.1, 0.15) is 0 Å². The Morgan fingerprint density at radius 2 is 2.24 bits per heavy atom. The second-order valence-electron chi connectivity index (χ2n) is 3.41. The Labute approximate surface area is 125 Å². The summed E-state index contributed by atoms with van der Waals surface area (Å²) in [6.07, 6.45) is 3.06. The molecule has 0 bridgehead atoms. The largest absolute Gasteiger partial charge is 0.294 e. The summed E-state index contributed by atoms with van der Waals surface area (Å²) in [7, 11) is 0. The molecule has 0 amide bonds. The number of hydrogen-bond donors (Lipinski definition) is 0. The normalized spacial score (nSPS) is 10.5. The number of rotatable bonds is 2. The van der Waals surface area contributed by atoms with Gasteiger partial charge in [0.15, 0.2) is 0 Å². The van der Waals surface area contributed by atoms with Crippen molar-refractivity contribution in [3.05, 3.63) is 59.7 Å². The van der Waals surface area contributed by atoms with Gasteiger partial charge in [0.2, 0.25) is 0 Å². The Bertz CT molecular complexity index is 615. The minimum absolute atomic E-state index is 0.0559. The molecule has 6 heteroatoms. The van der Waals surface area contributed by atoms with Gasteiger partial charge in [-0.3, -0.25) is 9.36 Å². The summed E-state index contributed by atoms with van der Waals surface area (Å²) < 4.78 is 3.05. The van der Waals surface area contributed by atoms with Crippen molar-refractivity contribution in [2.45, 2.75) is 6.54 Å². The molecule has 0 fully saturated rings. The first-order valence-electron chi connectivity index (χ1n) is 4.72. The first kappa shape index (κ1) is 13.0. The van der Waals surface area contributed by atoms with Crippen LogP contribution in [0, 0.1) is 3.57 Å². The predicted molar refractivity (Wildman–Crippen MR) is 79.5 cm³/mol. The van der Waals surface area contributed by atoms with Gasteiger partial charge in [0.05, 0.1) is 16.4 Å². The quantitative estimate of drug-likeness (QED) is 0.692. The van der Waals surface area contributed by atoms with E-state index in [-0.39, 0.29) is 5.56 Å². The van der Waals surface area contributed by atoms with Crippen molar-refractivity contribution in [1.29, 1.82) is 0 Å². The van der Waals surface area contributed by atoms with Crippen LogP contribution in [0.2, 0.25) is 5.02 Å². The fourth-order valence-corrected chi connectivity index (χ4v) is 2.57. The lowest BCUT2D eigenvalue weighted by Gasteiger charge is -2.07. The van der Waals surface area contributed by atoms with Crippen molar-refractivity contribution in [1.82, 2.24) is 9.55 Å². The average molecular weight is 425 g/mol. The second-order valence-corrected chi connectivity index (χ2v) is 5.90. The third-order valence-corrected chi connectivity index (χ3v) is 3.80. The van der Waals surface area contributed by atoms with Crippen LogP contribution in [0.1, 0.15) is 5.56 Å². The Hall–Kier alpha value is -0.400. The summed E-state index contributed by atoms with van der Waals surface area (Å²) in [4.78, 5) is 15.8. The first-order valence-corrected chi connectivity index (χ1v) is 6.97. The van der Waals surface area contributed by atoms with Crippen LogP contribution >= 0.6 is 50.1 Å². The zero-order valence-corrected chi connectivity index (χ0v) is 13.0. The molecule has 1 heterocycles. The van der Waals surface area contributed by atoms with Crippen LogP contribution in [-0.4, -0.2) is 9.55 Å². The van der Waals surface area contributed by atoms with E-state index in [0.717, 1.165) is 10.0 Å². The Balaban J connectivity index is 2.38. The van der Waals surface area contributed by atoms with Crippen LogP contribution in [-0.2, 0) is 6.54 Å². The number of halogens is 3. The van der Waals surface area contributed by atoms with E-state index in [4.69, 9.17) is 11.6 Å². The van der Waals surface area contributed by atoms with Gasteiger partial charge in [-0.15, -0.1) is 0 Å². The molecular formula is C11H7BrClIN2O. The van der Waals surface area contributed by atoms with Gasteiger partial charge in [-0.1, -0.05) is 33.6 Å². The summed E-state index contributed by atoms with van der Waals surface area (Å²) in [5.74, 6) is 0. The molecule has 0 aliphatic carbocycles. The van der Waals surface area contributed by atoms with Gasteiger partial charge in [-0.25, -0.2) is 4.98 Å². The maximum atomic E-state index is 11.8. The fraction of sp³-hybridized carbons (Fsp3) is 0.0909. The van der Waals surface area contributed by atoms with E-state index in [9.17, 15) is 4.79 Å². The van der Waals surface area contributed by atoms with E-state index in [2.05, 4.69) is 20.9 Å². The van der Waals surface area contributed by atoms with E-state index in [0.29, 0.717) is 15.1 Å². The number of hydrogen-bond acceptors (Lipinski definition) is 2. The molecule has 0 atom stereocenters. The Morgan fingerprint density at radius 1 is 1.47 bits per heavy atom. The molecule has 1 aromatic heterocycles. The average Bonchev–Trinajstić information content (AvgIpc) is 2.28. The van der Waals surface area contributed by atoms with E-state index >= 15 is 0 Å². The molecule has 0 radical (unpaired) electrons. The van der Waals surface area contributed by atoms with Crippen LogP contribution in [0.25, 0.3) is 0 Å². The van der Waals surface area contributed by atoms with Crippen molar-refractivity contribution in [2.24, 2.45) is 0 Å². The zero-order chi connectivity index (χ0) is 12.4. The molecule has 0 saturated carbocycles. The number of aromatic nitrogens is 2. The molecule has 1 aromatic carbocycles. The lowest BCUT2D eigenvalue weighted by atomic mass is 10.2. The highest BCUT2D eigenvalue weighted by Crippen LogP contribution is 2.21. The fourth-order valence-electron chi connectivity index (χ4n) is 1.37. The van der Waals surface area contributed by atoms with Crippen molar-refractivity contribution in [3.8, 4) is 0 Å². The standard InChI is InChI=1S/C11H7BrClIN2O/c12-8-2-1-7(9(13)3-8)5-16-6-15-4-10(14)11(16)17/h1-4,6H,5H2. The van der Waals surface area contributed by atoms with E-state index in [1.165, 1.54) is 10.9 Å². The van der Waals surface area contributed by atoms with Gasteiger partial charge in [-0.2, -0.15) is 0 Å². The van der Waals surface area contributed by atoms with Gasteiger partial charge in [0.25, 0.3) is 5.56 Å². The highest BCUT2D eigenvalue weighted by molar-refractivity contribution is 14.1. The van der Waals surface area contributed by atoms with Crippen LogP contribution < -0.4 is 5.56 Å². The molecule has 2 rings (SSSR count). The van der Waals surface area contributed by atoms with Crippen LogP contribution in [0.4, 0.5) is 0 Å². The zero-order valence-electron chi connectivity index (χ0n) is 8.53. The molecule has 0 N–H and O–H groups in total. The summed E-state index contributed by atoms with van der Waals surface area (Å²) >= 11 is 11.4. The molecule has 0 saturated heterocycles. The monoisotopic (exact) mass is 424 g/mol. The lowest BCUT2D eigenvalue weighted by Crippen LogP contribution is -2.23. The molecule has 2 aromatic rings. The maximum absolute atomic E-state index is 11.8. The summed E-state index contributed by atoms with van der Waals surface area (Å²) in [5, 5.41) is 0.630. The minimum atomic E-state index is -0.0559. The Kier molecular flexibility index (Phi) is 4.22. The summed E-state index contributed by atoms with van der Waals surface area (Å²) in [6.45, 7) is 0.425. The minimum Gasteiger partial charge on any atom is -0.294 e. The maximum Gasteiger partial charge on any atom is 0.267 e. The molecule has 88 valence electrons. The van der Waals surface area contributed by atoms with E-state index in [1.54, 1.807) is 6.20 Å². The van der Waals surface area contributed by atoms with E-state index in [1.807, 2.05) is 40.8 Å². The highest BCUT2D eigenvalue weighted by Gasteiger charge is 2.05. The molecule has 17 heavy (non-hydrogen) atoms.